The Bertz CT molecular complexity index is 586. The molecule has 23 heavy (non-hydrogen) atoms. The summed E-state index contributed by atoms with van der Waals surface area (Å²) < 4.78 is 5.74. The number of hydrogen-bond acceptors (Lipinski definition) is 3. The summed E-state index contributed by atoms with van der Waals surface area (Å²) in [4.78, 5) is 0.447. The number of rotatable bonds is 5. The maximum absolute atomic E-state index is 9.66. The second-order valence-electron chi connectivity index (χ2n) is 7.57. The molecule has 1 aromatic rings. The van der Waals surface area contributed by atoms with Gasteiger partial charge in [0.05, 0.1) is 0 Å². The molecule has 126 valence electrons. The van der Waals surface area contributed by atoms with Gasteiger partial charge in [-0.1, -0.05) is 0 Å². The van der Waals surface area contributed by atoms with E-state index in [0.29, 0.717) is 25.7 Å². The normalized spacial score (nSPS) is 34.9. The van der Waals surface area contributed by atoms with Crippen LogP contribution in [0.25, 0.3) is 0 Å². The van der Waals surface area contributed by atoms with Crippen molar-refractivity contribution in [3.63, 3.8) is 0 Å². The molecule has 2 aliphatic rings. The first-order chi connectivity index (χ1) is 11.0. The molecule has 3 rings (SSSR count). The standard InChI is InChI=1S/C19H27NO2Se/c1-18(2)14-10-11-19(18,3)17(20-21)16(14)23-12-15(22-4)13-8-6-5-7-9-13/h5-9,14-16,21H,10-12H2,1-4H3/b20-17-/t14-,15?,16+,19+/m1/s1. The van der Waals surface area contributed by atoms with Crippen LogP contribution in [0.4, 0.5) is 0 Å². The Morgan fingerprint density at radius 1 is 1.30 bits per heavy atom. The van der Waals surface area contributed by atoms with E-state index in [4.69, 9.17) is 4.74 Å². The van der Waals surface area contributed by atoms with Crippen molar-refractivity contribution in [1.29, 1.82) is 0 Å². The van der Waals surface area contributed by atoms with Gasteiger partial charge in [0.2, 0.25) is 0 Å². The third-order valence-corrected chi connectivity index (χ3v) is 9.45. The van der Waals surface area contributed by atoms with E-state index in [-0.39, 0.29) is 16.9 Å². The Morgan fingerprint density at radius 2 is 2.00 bits per heavy atom. The van der Waals surface area contributed by atoms with E-state index in [9.17, 15) is 5.21 Å². The van der Waals surface area contributed by atoms with Gasteiger partial charge in [0.15, 0.2) is 0 Å². The van der Waals surface area contributed by atoms with Gasteiger partial charge in [0.1, 0.15) is 0 Å². The number of hydrogen-bond donors (Lipinski definition) is 1. The molecule has 0 radical (unpaired) electrons. The van der Waals surface area contributed by atoms with Crippen LogP contribution in [0.15, 0.2) is 35.5 Å². The molecule has 0 amide bonds. The molecule has 0 aliphatic heterocycles. The molecule has 3 nitrogen and oxygen atoms in total. The van der Waals surface area contributed by atoms with E-state index >= 15 is 0 Å². The first-order valence-electron chi connectivity index (χ1n) is 8.37. The molecule has 0 saturated heterocycles. The Labute approximate surface area is 145 Å². The number of methoxy groups -OCH3 is 1. The molecular formula is C19H27NO2Se. The second-order valence-corrected chi connectivity index (χ2v) is 10.0. The van der Waals surface area contributed by atoms with E-state index in [1.165, 1.54) is 12.0 Å². The Kier molecular flexibility index (Phi) is 4.61. The van der Waals surface area contributed by atoms with E-state index in [1.807, 2.05) is 6.07 Å². The van der Waals surface area contributed by atoms with E-state index < -0.39 is 0 Å². The maximum atomic E-state index is 9.66. The topological polar surface area (TPSA) is 41.8 Å². The number of benzene rings is 1. The predicted octanol–water partition coefficient (Wildman–Crippen LogP) is 4.57. The van der Waals surface area contributed by atoms with Gasteiger partial charge in [0, 0.05) is 0 Å². The molecule has 0 spiro atoms. The van der Waals surface area contributed by atoms with Crippen LogP contribution >= 0.6 is 0 Å². The average Bonchev–Trinajstić information content (AvgIpc) is 2.87. The fourth-order valence-electron chi connectivity index (χ4n) is 4.55. The molecule has 1 N–H and O–H groups in total. The van der Waals surface area contributed by atoms with Crippen LogP contribution in [0.3, 0.4) is 0 Å². The summed E-state index contributed by atoms with van der Waals surface area (Å²) in [6.07, 6.45) is 2.56. The Balaban J connectivity index is 1.76. The van der Waals surface area contributed by atoms with Crippen LogP contribution in [0.5, 0.6) is 0 Å². The molecule has 2 fully saturated rings. The average molecular weight is 380 g/mol. The third kappa shape index (κ3) is 2.56. The molecular weight excluding hydrogens is 353 g/mol. The van der Waals surface area contributed by atoms with Crippen molar-refractivity contribution < 1.29 is 9.94 Å². The van der Waals surface area contributed by atoms with Crippen LogP contribution in [0, 0.1) is 16.7 Å². The van der Waals surface area contributed by atoms with Crippen LogP contribution < -0.4 is 0 Å². The summed E-state index contributed by atoms with van der Waals surface area (Å²) in [5, 5.41) is 14.5. The second kappa shape index (κ2) is 6.23. The van der Waals surface area contributed by atoms with Crippen molar-refractivity contribution in [1.82, 2.24) is 0 Å². The minimum absolute atomic E-state index is 0.0636. The van der Waals surface area contributed by atoms with Crippen molar-refractivity contribution in [2.75, 3.05) is 7.11 Å². The number of oxime groups is 1. The molecule has 4 heteroatoms. The van der Waals surface area contributed by atoms with Crippen LogP contribution in [0.1, 0.15) is 45.3 Å². The van der Waals surface area contributed by atoms with Crippen molar-refractivity contribution >= 4 is 20.7 Å². The Morgan fingerprint density at radius 3 is 2.61 bits per heavy atom. The van der Waals surface area contributed by atoms with Crippen LogP contribution in [-0.2, 0) is 4.74 Å². The zero-order chi connectivity index (χ0) is 16.7. The summed E-state index contributed by atoms with van der Waals surface area (Å²) in [6, 6.07) is 10.4. The van der Waals surface area contributed by atoms with E-state index in [0.717, 1.165) is 17.5 Å². The SMILES string of the molecule is COC(C[Se][C@@H]1/C(=N/O)[C@]2(C)CC[C@H]1C2(C)C)c1ccccc1. The molecule has 0 heterocycles. The van der Waals surface area contributed by atoms with Crippen LogP contribution in [-0.4, -0.2) is 33.0 Å². The fraction of sp³-hybridized carbons (Fsp3) is 0.632. The van der Waals surface area contributed by atoms with Crippen molar-refractivity contribution in [3.8, 4) is 0 Å². The number of fused-ring (bicyclic) bond motifs is 2. The summed E-state index contributed by atoms with van der Waals surface area (Å²) in [7, 11) is 1.79. The molecule has 4 atom stereocenters. The molecule has 1 aromatic carbocycles. The van der Waals surface area contributed by atoms with Gasteiger partial charge < -0.3 is 0 Å². The molecule has 0 aromatic heterocycles. The van der Waals surface area contributed by atoms with Crippen LogP contribution in [0.2, 0.25) is 10.1 Å². The first kappa shape index (κ1) is 17.0. The third-order valence-electron chi connectivity index (χ3n) is 6.50. The molecule has 2 aliphatic carbocycles. The first-order valence-corrected chi connectivity index (χ1v) is 10.6. The van der Waals surface area contributed by atoms with Crippen molar-refractivity contribution in [2.24, 2.45) is 21.9 Å². The molecule has 2 bridgehead atoms. The summed E-state index contributed by atoms with van der Waals surface area (Å²) in [6.45, 7) is 7.01. The number of ether oxygens (including phenoxy) is 1. The van der Waals surface area contributed by atoms with E-state index in [2.05, 4.69) is 50.2 Å². The van der Waals surface area contributed by atoms with Gasteiger partial charge >= 0.3 is 145 Å². The number of nitrogens with zero attached hydrogens (tertiary/aromatic N) is 1. The summed E-state index contributed by atoms with van der Waals surface area (Å²) in [5.41, 5.74) is 2.60. The summed E-state index contributed by atoms with van der Waals surface area (Å²) in [5.74, 6) is 0.645. The van der Waals surface area contributed by atoms with Gasteiger partial charge in [-0.2, -0.15) is 0 Å². The monoisotopic (exact) mass is 381 g/mol. The minimum atomic E-state index is 0.0636. The van der Waals surface area contributed by atoms with Gasteiger partial charge in [-0.3, -0.25) is 0 Å². The van der Waals surface area contributed by atoms with Gasteiger partial charge in [-0.05, 0) is 0 Å². The Hall–Kier alpha value is -0.831. The zero-order valence-corrected chi connectivity index (χ0v) is 16.2. The predicted molar refractivity (Wildman–Crippen MR) is 94.3 cm³/mol. The quantitative estimate of drug-likeness (QED) is 0.462. The van der Waals surface area contributed by atoms with E-state index in [1.54, 1.807) is 7.11 Å². The molecule has 1 unspecified atom stereocenters. The summed E-state index contributed by atoms with van der Waals surface area (Å²) >= 11 is 0.373. The van der Waals surface area contributed by atoms with Gasteiger partial charge in [0.25, 0.3) is 0 Å². The van der Waals surface area contributed by atoms with Gasteiger partial charge in [-0.15, -0.1) is 0 Å². The van der Waals surface area contributed by atoms with Crippen molar-refractivity contribution in [3.05, 3.63) is 35.9 Å². The zero-order valence-electron chi connectivity index (χ0n) is 14.5. The van der Waals surface area contributed by atoms with Crippen molar-refractivity contribution in [2.45, 2.75) is 49.9 Å². The molecule has 2 saturated carbocycles. The fourth-order valence-corrected chi connectivity index (χ4v) is 8.50. The van der Waals surface area contributed by atoms with Gasteiger partial charge in [-0.25, -0.2) is 0 Å².